The van der Waals surface area contributed by atoms with Crippen molar-refractivity contribution in [1.29, 1.82) is 0 Å². The summed E-state index contributed by atoms with van der Waals surface area (Å²) in [7, 11) is 0. The van der Waals surface area contributed by atoms with Gasteiger partial charge in [-0.15, -0.1) is 0 Å². The maximum atomic E-state index is 11.6. The van der Waals surface area contributed by atoms with Gasteiger partial charge in [0.2, 0.25) is 0 Å². The maximum absolute atomic E-state index is 11.6. The summed E-state index contributed by atoms with van der Waals surface area (Å²) < 4.78 is 0. The second kappa shape index (κ2) is 2.03. The molecule has 1 heteroatoms. The van der Waals surface area contributed by atoms with Crippen LogP contribution in [0.1, 0.15) is 19.8 Å². The SMILES string of the molecule is CC1=C2CC3C=CC2(C=C3)CC1=O. The Kier molecular flexibility index (Phi) is 1.14. The highest BCUT2D eigenvalue weighted by Gasteiger charge is 2.44. The summed E-state index contributed by atoms with van der Waals surface area (Å²) in [4.78, 5) is 11.6. The first-order valence-corrected chi connectivity index (χ1v) is 4.83. The fourth-order valence-electron chi connectivity index (χ4n) is 2.77. The number of carbonyl (C=O) groups is 1. The molecule has 0 aliphatic heterocycles. The van der Waals surface area contributed by atoms with Crippen LogP contribution in [-0.4, -0.2) is 5.78 Å². The number of ketones is 1. The van der Waals surface area contributed by atoms with E-state index in [0.717, 1.165) is 12.0 Å². The van der Waals surface area contributed by atoms with Gasteiger partial charge in [0.1, 0.15) is 0 Å². The van der Waals surface area contributed by atoms with Gasteiger partial charge in [0.15, 0.2) is 5.78 Å². The third-order valence-corrected chi connectivity index (χ3v) is 3.61. The Bertz CT molecular complexity index is 368. The average molecular weight is 172 g/mol. The number of hydrogen-bond donors (Lipinski definition) is 0. The fraction of sp³-hybridized carbons (Fsp3) is 0.417. The number of hydrogen-bond acceptors (Lipinski definition) is 1. The minimum Gasteiger partial charge on any atom is -0.295 e. The highest BCUT2D eigenvalue weighted by atomic mass is 16.1. The van der Waals surface area contributed by atoms with Crippen molar-refractivity contribution in [3.63, 3.8) is 0 Å². The van der Waals surface area contributed by atoms with E-state index in [1.54, 1.807) is 0 Å². The molecular weight excluding hydrogens is 160 g/mol. The summed E-state index contributed by atoms with van der Waals surface area (Å²) in [6.45, 7) is 1.98. The molecule has 0 fully saturated rings. The van der Waals surface area contributed by atoms with E-state index in [0.29, 0.717) is 18.1 Å². The van der Waals surface area contributed by atoms with Gasteiger partial charge in [-0.05, 0) is 30.4 Å². The molecule has 1 nitrogen and oxygen atoms in total. The first-order valence-electron chi connectivity index (χ1n) is 4.83. The molecule has 0 aromatic rings. The van der Waals surface area contributed by atoms with Crippen LogP contribution in [0.25, 0.3) is 0 Å². The Hall–Kier alpha value is -1.11. The van der Waals surface area contributed by atoms with E-state index in [1.165, 1.54) is 5.57 Å². The zero-order chi connectivity index (χ0) is 9.05. The van der Waals surface area contributed by atoms with Crippen molar-refractivity contribution in [1.82, 2.24) is 0 Å². The normalized spacial score (nSPS) is 40.4. The topological polar surface area (TPSA) is 17.1 Å². The van der Waals surface area contributed by atoms with Gasteiger partial charge in [-0.2, -0.15) is 0 Å². The third kappa shape index (κ3) is 0.749. The average Bonchev–Trinajstić information content (AvgIpc) is 2.41. The van der Waals surface area contributed by atoms with Crippen molar-refractivity contribution >= 4 is 5.78 Å². The number of Topliss-reactive ketones (excluding diaryl/α,β-unsaturated/α-hetero) is 1. The quantitative estimate of drug-likeness (QED) is 0.513. The lowest BCUT2D eigenvalue weighted by Gasteiger charge is -2.36. The number of carbonyl (C=O) groups excluding carboxylic acids is 1. The van der Waals surface area contributed by atoms with Crippen LogP contribution < -0.4 is 0 Å². The van der Waals surface area contributed by atoms with Crippen LogP contribution in [0.3, 0.4) is 0 Å². The molecule has 0 aromatic carbocycles. The van der Waals surface area contributed by atoms with Gasteiger partial charge in [-0.25, -0.2) is 0 Å². The molecule has 0 radical (unpaired) electrons. The lowest BCUT2D eigenvalue weighted by atomic mass is 9.67. The molecule has 4 aliphatic carbocycles. The molecule has 0 amide bonds. The third-order valence-electron chi connectivity index (χ3n) is 3.61. The predicted molar refractivity (Wildman–Crippen MR) is 51.1 cm³/mol. The number of allylic oxidation sites excluding steroid dienone is 6. The highest BCUT2D eigenvalue weighted by molar-refractivity contribution is 6.00. The van der Waals surface area contributed by atoms with Gasteiger partial charge in [0.25, 0.3) is 0 Å². The minimum absolute atomic E-state index is 0.00984. The molecule has 2 bridgehead atoms. The van der Waals surface area contributed by atoms with Crippen LogP contribution in [0.5, 0.6) is 0 Å². The van der Waals surface area contributed by atoms with Crippen molar-refractivity contribution < 1.29 is 4.79 Å². The molecule has 0 N–H and O–H groups in total. The Morgan fingerprint density at radius 2 is 2.08 bits per heavy atom. The summed E-state index contributed by atoms with van der Waals surface area (Å²) in [6, 6.07) is 0. The Labute approximate surface area is 77.8 Å². The molecule has 0 unspecified atom stereocenters. The van der Waals surface area contributed by atoms with Gasteiger partial charge in [-0.1, -0.05) is 24.3 Å². The predicted octanol–water partition coefficient (Wildman–Crippen LogP) is 2.41. The summed E-state index contributed by atoms with van der Waals surface area (Å²) in [5, 5.41) is 0. The van der Waals surface area contributed by atoms with Crippen molar-refractivity contribution in [2.75, 3.05) is 0 Å². The summed E-state index contributed by atoms with van der Waals surface area (Å²) >= 11 is 0. The number of rotatable bonds is 0. The molecule has 66 valence electrons. The van der Waals surface area contributed by atoms with Gasteiger partial charge < -0.3 is 0 Å². The Balaban J connectivity index is 2.25. The first kappa shape index (κ1) is 7.31. The minimum atomic E-state index is 0.00984. The monoisotopic (exact) mass is 172 g/mol. The van der Waals surface area contributed by atoms with Crippen molar-refractivity contribution in [2.24, 2.45) is 11.3 Å². The summed E-state index contributed by atoms with van der Waals surface area (Å²) in [5.74, 6) is 0.893. The lowest BCUT2D eigenvalue weighted by molar-refractivity contribution is -0.115. The van der Waals surface area contributed by atoms with Crippen molar-refractivity contribution in [2.45, 2.75) is 19.8 Å². The van der Waals surface area contributed by atoms with Crippen LogP contribution in [-0.2, 0) is 4.79 Å². The van der Waals surface area contributed by atoms with Gasteiger partial charge in [-0.3, -0.25) is 4.79 Å². The standard InChI is InChI=1S/C12H12O/c1-8-10-6-9-2-4-12(10,5-3-9)7-11(8)13/h2-5,9H,6-7H2,1H3. The maximum Gasteiger partial charge on any atom is 0.160 e. The van der Waals surface area contributed by atoms with E-state index in [4.69, 9.17) is 0 Å². The largest absolute Gasteiger partial charge is 0.295 e. The molecule has 0 heterocycles. The Morgan fingerprint density at radius 1 is 1.38 bits per heavy atom. The molecule has 0 atom stereocenters. The van der Waals surface area contributed by atoms with Gasteiger partial charge in [0, 0.05) is 11.8 Å². The van der Waals surface area contributed by atoms with E-state index < -0.39 is 0 Å². The lowest BCUT2D eigenvalue weighted by Crippen LogP contribution is -2.25. The molecular formula is C12H12O. The molecule has 0 saturated heterocycles. The molecule has 4 rings (SSSR count). The van der Waals surface area contributed by atoms with Crippen LogP contribution in [0.4, 0.5) is 0 Å². The van der Waals surface area contributed by atoms with E-state index in [9.17, 15) is 4.79 Å². The van der Waals surface area contributed by atoms with Gasteiger partial charge in [0.05, 0.1) is 0 Å². The highest BCUT2D eigenvalue weighted by Crippen LogP contribution is 2.52. The molecule has 0 saturated carbocycles. The van der Waals surface area contributed by atoms with Crippen molar-refractivity contribution in [3.8, 4) is 0 Å². The molecule has 1 spiro atoms. The molecule has 0 aromatic heterocycles. The molecule has 13 heavy (non-hydrogen) atoms. The summed E-state index contributed by atoms with van der Waals surface area (Å²) in [6.07, 6.45) is 10.7. The van der Waals surface area contributed by atoms with Crippen LogP contribution in [0.15, 0.2) is 35.5 Å². The Morgan fingerprint density at radius 3 is 2.69 bits per heavy atom. The van der Waals surface area contributed by atoms with E-state index >= 15 is 0 Å². The second-order valence-corrected chi connectivity index (χ2v) is 4.33. The van der Waals surface area contributed by atoms with E-state index in [2.05, 4.69) is 24.3 Å². The molecule has 4 aliphatic rings. The second-order valence-electron chi connectivity index (χ2n) is 4.33. The van der Waals surface area contributed by atoms with Crippen LogP contribution in [0.2, 0.25) is 0 Å². The zero-order valence-corrected chi connectivity index (χ0v) is 7.71. The zero-order valence-electron chi connectivity index (χ0n) is 7.71. The van der Waals surface area contributed by atoms with E-state index in [-0.39, 0.29) is 5.41 Å². The first-order chi connectivity index (χ1) is 6.21. The van der Waals surface area contributed by atoms with Crippen LogP contribution in [0, 0.1) is 11.3 Å². The van der Waals surface area contributed by atoms with Gasteiger partial charge >= 0.3 is 0 Å². The van der Waals surface area contributed by atoms with E-state index in [1.807, 2.05) is 6.92 Å². The smallest absolute Gasteiger partial charge is 0.160 e. The fourth-order valence-corrected chi connectivity index (χ4v) is 2.77. The van der Waals surface area contributed by atoms with Crippen molar-refractivity contribution in [3.05, 3.63) is 35.5 Å². The van der Waals surface area contributed by atoms with Crippen LogP contribution >= 0.6 is 0 Å². The summed E-state index contributed by atoms with van der Waals surface area (Å²) in [5.41, 5.74) is 2.42.